The minimum atomic E-state index is -0.333. The topological polar surface area (TPSA) is 45.5 Å². The fourth-order valence-electron chi connectivity index (χ4n) is 3.04. The Balaban J connectivity index is 1.76. The summed E-state index contributed by atoms with van der Waals surface area (Å²) in [7, 11) is 1.85. The fraction of sp³-hybridized carbons (Fsp3) is 0.316. The second-order valence-electron chi connectivity index (χ2n) is 6.23. The van der Waals surface area contributed by atoms with Crippen molar-refractivity contribution < 1.29 is 9.50 Å². The van der Waals surface area contributed by atoms with Crippen LogP contribution in [0.25, 0.3) is 5.57 Å². The minimum absolute atomic E-state index is 0.170. The second kappa shape index (κ2) is 6.61. The van der Waals surface area contributed by atoms with E-state index in [0.29, 0.717) is 12.2 Å². The van der Waals surface area contributed by atoms with Crippen LogP contribution in [0.4, 0.5) is 4.39 Å². The highest BCUT2D eigenvalue weighted by Crippen LogP contribution is 2.24. The predicted molar refractivity (Wildman–Crippen MR) is 92.4 cm³/mol. The molecule has 1 aliphatic rings. The molecule has 24 heavy (non-hydrogen) atoms. The molecule has 126 valence electrons. The molecule has 0 amide bonds. The molecular formula is C19H21FN2O2. The number of aromatic nitrogens is 1. The van der Waals surface area contributed by atoms with Crippen molar-refractivity contribution in [1.82, 2.24) is 9.47 Å². The van der Waals surface area contributed by atoms with E-state index >= 15 is 0 Å². The van der Waals surface area contributed by atoms with E-state index in [1.807, 2.05) is 18.5 Å². The average molecular weight is 328 g/mol. The lowest BCUT2D eigenvalue weighted by molar-refractivity contribution is 0.279. The van der Waals surface area contributed by atoms with Crippen molar-refractivity contribution in [3.05, 3.63) is 69.4 Å². The molecule has 0 saturated carbocycles. The van der Waals surface area contributed by atoms with Crippen LogP contribution in [0.3, 0.4) is 0 Å². The Bertz CT molecular complexity index is 838. The molecule has 0 aliphatic carbocycles. The van der Waals surface area contributed by atoms with Crippen LogP contribution in [-0.2, 0) is 13.6 Å². The van der Waals surface area contributed by atoms with Gasteiger partial charge in [-0.25, -0.2) is 4.39 Å². The van der Waals surface area contributed by atoms with Gasteiger partial charge in [0.1, 0.15) is 5.82 Å². The molecule has 1 aromatic carbocycles. The molecule has 2 aromatic rings. The number of aromatic hydroxyl groups is 1. The van der Waals surface area contributed by atoms with Crippen molar-refractivity contribution in [2.45, 2.75) is 19.9 Å². The number of hydrogen-bond acceptors (Lipinski definition) is 3. The van der Waals surface area contributed by atoms with Crippen LogP contribution in [0.2, 0.25) is 0 Å². The first-order valence-electron chi connectivity index (χ1n) is 8.01. The number of hydrogen-bond donors (Lipinski definition) is 1. The average Bonchev–Trinajstić information content (AvgIpc) is 2.58. The van der Waals surface area contributed by atoms with E-state index in [9.17, 15) is 14.3 Å². The molecule has 0 unspecified atom stereocenters. The largest absolute Gasteiger partial charge is 0.503 e. The maximum Gasteiger partial charge on any atom is 0.223 e. The Morgan fingerprint density at radius 2 is 1.96 bits per heavy atom. The first-order chi connectivity index (χ1) is 11.5. The monoisotopic (exact) mass is 328 g/mol. The molecule has 0 saturated heterocycles. The van der Waals surface area contributed by atoms with Crippen LogP contribution in [0.1, 0.15) is 23.4 Å². The normalized spacial score (nSPS) is 15.4. The molecule has 3 rings (SSSR count). The first kappa shape index (κ1) is 16.5. The Kier molecular flexibility index (Phi) is 4.53. The maximum atomic E-state index is 13.0. The zero-order valence-electron chi connectivity index (χ0n) is 13.9. The summed E-state index contributed by atoms with van der Waals surface area (Å²) < 4.78 is 14.9. The van der Waals surface area contributed by atoms with E-state index in [-0.39, 0.29) is 17.0 Å². The fourth-order valence-corrected chi connectivity index (χ4v) is 3.04. The highest BCUT2D eigenvalue weighted by atomic mass is 19.1. The molecule has 5 heteroatoms. The first-order valence-corrected chi connectivity index (χ1v) is 8.01. The second-order valence-corrected chi connectivity index (χ2v) is 6.23. The lowest BCUT2D eigenvalue weighted by Crippen LogP contribution is -2.30. The molecule has 0 bridgehead atoms. The maximum absolute atomic E-state index is 13.0. The molecule has 0 atom stereocenters. The van der Waals surface area contributed by atoms with Gasteiger partial charge in [0.05, 0.1) is 5.69 Å². The van der Waals surface area contributed by atoms with Gasteiger partial charge in [0.25, 0.3) is 0 Å². The van der Waals surface area contributed by atoms with E-state index in [1.165, 1.54) is 23.8 Å². The van der Waals surface area contributed by atoms with E-state index in [1.54, 1.807) is 12.1 Å². The van der Waals surface area contributed by atoms with Gasteiger partial charge in [-0.2, -0.15) is 0 Å². The van der Waals surface area contributed by atoms with Crippen molar-refractivity contribution >= 4 is 5.57 Å². The molecule has 1 aliphatic heterocycles. The van der Waals surface area contributed by atoms with Gasteiger partial charge in [-0.1, -0.05) is 18.2 Å². The predicted octanol–water partition coefficient (Wildman–Crippen LogP) is 2.83. The summed E-state index contributed by atoms with van der Waals surface area (Å²) in [5.41, 5.74) is 3.38. The van der Waals surface area contributed by atoms with Gasteiger partial charge in [-0.3, -0.25) is 9.69 Å². The quantitative estimate of drug-likeness (QED) is 0.942. The van der Waals surface area contributed by atoms with Crippen LogP contribution in [0.15, 0.2) is 41.2 Å². The third-order valence-corrected chi connectivity index (χ3v) is 4.66. The number of aryl methyl sites for hydroxylation is 1. The molecule has 1 N–H and O–H groups in total. The number of halogens is 1. The summed E-state index contributed by atoms with van der Waals surface area (Å²) in [6, 6.07) is 7.99. The Labute approximate surface area is 140 Å². The Hall–Kier alpha value is -2.40. The SMILES string of the molecule is Cc1cc(=O)c(O)c(CN2CC=C(c3ccc(F)cc3)CC2)n1C. The highest BCUT2D eigenvalue weighted by molar-refractivity contribution is 5.66. The van der Waals surface area contributed by atoms with Crippen molar-refractivity contribution in [3.8, 4) is 5.75 Å². The van der Waals surface area contributed by atoms with E-state index in [2.05, 4.69) is 11.0 Å². The Morgan fingerprint density at radius 1 is 1.25 bits per heavy atom. The van der Waals surface area contributed by atoms with Gasteiger partial charge in [-0.15, -0.1) is 0 Å². The molecular weight excluding hydrogens is 307 g/mol. The number of nitrogens with zero attached hydrogens (tertiary/aromatic N) is 2. The Morgan fingerprint density at radius 3 is 2.58 bits per heavy atom. The van der Waals surface area contributed by atoms with Crippen molar-refractivity contribution in [1.29, 1.82) is 0 Å². The standard InChI is InChI=1S/C19H21FN2O2/c1-13-11-18(23)19(24)17(21(13)2)12-22-9-7-15(8-10-22)14-3-5-16(20)6-4-14/h3-7,11,24H,8-10,12H2,1-2H3. The van der Waals surface area contributed by atoms with Crippen LogP contribution in [-0.4, -0.2) is 27.7 Å². The lowest BCUT2D eigenvalue weighted by Gasteiger charge is -2.27. The molecule has 4 nitrogen and oxygen atoms in total. The van der Waals surface area contributed by atoms with Gasteiger partial charge < -0.3 is 9.67 Å². The van der Waals surface area contributed by atoms with Crippen molar-refractivity contribution in [2.75, 3.05) is 13.1 Å². The van der Waals surface area contributed by atoms with Gasteiger partial charge in [0.15, 0.2) is 5.75 Å². The summed E-state index contributed by atoms with van der Waals surface area (Å²) in [5, 5.41) is 10.1. The summed E-state index contributed by atoms with van der Waals surface area (Å²) in [6.07, 6.45) is 2.98. The minimum Gasteiger partial charge on any atom is -0.503 e. The molecule has 0 radical (unpaired) electrons. The summed E-state index contributed by atoms with van der Waals surface area (Å²) >= 11 is 0. The smallest absolute Gasteiger partial charge is 0.223 e. The van der Waals surface area contributed by atoms with E-state index in [4.69, 9.17) is 0 Å². The van der Waals surface area contributed by atoms with Crippen molar-refractivity contribution in [2.24, 2.45) is 7.05 Å². The van der Waals surface area contributed by atoms with E-state index < -0.39 is 0 Å². The summed E-state index contributed by atoms with van der Waals surface area (Å²) in [4.78, 5) is 14.0. The van der Waals surface area contributed by atoms with Gasteiger partial charge in [0.2, 0.25) is 5.43 Å². The lowest BCUT2D eigenvalue weighted by atomic mass is 9.99. The van der Waals surface area contributed by atoms with Crippen LogP contribution in [0.5, 0.6) is 5.75 Å². The zero-order valence-corrected chi connectivity index (χ0v) is 13.9. The van der Waals surface area contributed by atoms with Gasteiger partial charge in [-0.05, 0) is 36.6 Å². The van der Waals surface area contributed by atoms with Crippen molar-refractivity contribution in [3.63, 3.8) is 0 Å². The summed E-state index contributed by atoms with van der Waals surface area (Å²) in [5.74, 6) is -0.399. The number of rotatable bonds is 3. The number of pyridine rings is 1. The third-order valence-electron chi connectivity index (χ3n) is 4.66. The van der Waals surface area contributed by atoms with Gasteiger partial charge in [0, 0.05) is 38.4 Å². The molecule has 0 fully saturated rings. The number of benzene rings is 1. The third kappa shape index (κ3) is 3.26. The molecule has 1 aromatic heterocycles. The van der Waals surface area contributed by atoms with Gasteiger partial charge >= 0.3 is 0 Å². The molecule has 2 heterocycles. The van der Waals surface area contributed by atoms with Crippen LogP contribution in [0, 0.1) is 12.7 Å². The van der Waals surface area contributed by atoms with Crippen LogP contribution >= 0.6 is 0 Å². The van der Waals surface area contributed by atoms with E-state index in [0.717, 1.165) is 30.8 Å². The zero-order chi connectivity index (χ0) is 17.3. The van der Waals surface area contributed by atoms with Crippen LogP contribution < -0.4 is 5.43 Å². The molecule has 0 spiro atoms. The highest BCUT2D eigenvalue weighted by Gasteiger charge is 2.18. The summed E-state index contributed by atoms with van der Waals surface area (Å²) in [6.45, 7) is 3.93.